The summed E-state index contributed by atoms with van der Waals surface area (Å²) >= 11 is 0. The predicted molar refractivity (Wildman–Crippen MR) is 70.3 cm³/mol. The molecule has 0 unspecified atom stereocenters. The zero-order valence-electron chi connectivity index (χ0n) is 10.5. The minimum absolute atomic E-state index is 0.176. The summed E-state index contributed by atoms with van der Waals surface area (Å²) in [5.41, 5.74) is 1.18. The lowest BCUT2D eigenvalue weighted by Gasteiger charge is -1.99. The van der Waals surface area contributed by atoms with Gasteiger partial charge in [-0.2, -0.15) is 0 Å². The summed E-state index contributed by atoms with van der Waals surface area (Å²) in [5, 5.41) is 7.89. The number of rotatable bonds is 3. The van der Waals surface area contributed by atoms with Crippen molar-refractivity contribution < 1.29 is 19.4 Å². The lowest BCUT2D eigenvalue weighted by Crippen LogP contribution is -2.00. The maximum absolute atomic E-state index is 10.5. The summed E-state index contributed by atoms with van der Waals surface area (Å²) in [6.45, 7) is 9.59. The Hall–Kier alpha value is -2.36. The van der Waals surface area contributed by atoms with Crippen molar-refractivity contribution in [2.45, 2.75) is 13.8 Å². The number of carbonyl (C=O) groups is 2. The van der Waals surface area contributed by atoms with Crippen molar-refractivity contribution in [1.29, 1.82) is 0 Å². The lowest BCUT2D eigenvalue weighted by atomic mass is 10.2. The van der Waals surface area contributed by atoms with E-state index in [2.05, 4.69) is 13.2 Å². The second-order valence-corrected chi connectivity index (χ2v) is 3.45. The molecule has 0 aliphatic heterocycles. The maximum Gasteiger partial charge on any atom is 0.330 e. The van der Waals surface area contributed by atoms with E-state index >= 15 is 0 Å². The van der Waals surface area contributed by atoms with E-state index in [1.165, 1.54) is 13.8 Å². The van der Waals surface area contributed by atoms with Gasteiger partial charge in [-0.1, -0.05) is 31.4 Å². The van der Waals surface area contributed by atoms with Crippen molar-refractivity contribution in [2.24, 2.45) is 0 Å². The number of hydrogen-bond acceptors (Lipinski definition) is 3. The zero-order chi connectivity index (χ0) is 14.1. The Labute approximate surface area is 106 Å². The van der Waals surface area contributed by atoms with Crippen molar-refractivity contribution in [2.75, 3.05) is 0 Å². The molecule has 1 rings (SSSR count). The van der Waals surface area contributed by atoms with Crippen LogP contribution in [0, 0.1) is 0 Å². The largest absolute Gasteiger partial charge is 0.478 e. The first-order chi connectivity index (χ1) is 8.36. The number of esters is 1. The van der Waals surface area contributed by atoms with E-state index in [1.807, 2.05) is 12.1 Å². The van der Waals surface area contributed by atoms with Crippen LogP contribution in [0.5, 0.6) is 5.75 Å². The first-order valence-corrected chi connectivity index (χ1v) is 5.16. The van der Waals surface area contributed by atoms with Gasteiger partial charge in [0, 0.05) is 12.5 Å². The van der Waals surface area contributed by atoms with Gasteiger partial charge in [-0.3, -0.25) is 4.79 Å². The number of hydrogen-bond donors (Lipinski definition) is 1. The van der Waals surface area contributed by atoms with Gasteiger partial charge in [0.15, 0.2) is 0 Å². The fourth-order valence-corrected chi connectivity index (χ4v) is 0.838. The summed E-state index contributed by atoms with van der Waals surface area (Å²) in [4.78, 5) is 20.1. The Morgan fingerprint density at radius 2 is 1.67 bits per heavy atom. The van der Waals surface area contributed by atoms with Gasteiger partial charge in [0.05, 0.1) is 0 Å². The summed E-state index contributed by atoms with van der Waals surface area (Å²) in [6, 6.07) is 7.15. The molecule has 1 N–H and O–H groups in total. The number of carbonyl (C=O) groups excluding carboxylic acids is 1. The smallest absolute Gasteiger partial charge is 0.330 e. The third-order valence-corrected chi connectivity index (χ3v) is 1.74. The Balaban J connectivity index is 0.000000411. The molecule has 1 aromatic rings. The van der Waals surface area contributed by atoms with Gasteiger partial charge in [-0.15, -0.1) is 0 Å². The van der Waals surface area contributed by atoms with Crippen LogP contribution in [-0.4, -0.2) is 17.0 Å². The van der Waals surface area contributed by atoms with Gasteiger partial charge in [0.25, 0.3) is 0 Å². The molecule has 0 saturated carbocycles. The SMILES string of the molecule is C=C(C)C(=O)O.C=Cc1ccc(OC(C)=O)cc1. The topological polar surface area (TPSA) is 63.6 Å². The fraction of sp³-hybridized carbons (Fsp3) is 0.143. The van der Waals surface area contributed by atoms with Crippen LogP contribution >= 0.6 is 0 Å². The van der Waals surface area contributed by atoms with Gasteiger partial charge >= 0.3 is 11.9 Å². The molecule has 0 radical (unpaired) electrons. The molecule has 0 atom stereocenters. The quantitative estimate of drug-likeness (QED) is 0.507. The van der Waals surface area contributed by atoms with Crippen molar-refractivity contribution in [3.8, 4) is 5.75 Å². The zero-order valence-corrected chi connectivity index (χ0v) is 10.5. The lowest BCUT2D eigenvalue weighted by molar-refractivity contribution is -0.133. The molecule has 18 heavy (non-hydrogen) atoms. The molecular formula is C14H16O4. The standard InChI is InChI=1S/C10H10O2.C4H6O2/c1-3-9-4-6-10(7-5-9)12-8(2)11;1-3(2)4(5)6/h3-7H,1H2,2H3;1H2,2H3,(H,5,6). The van der Waals surface area contributed by atoms with Crippen molar-refractivity contribution in [1.82, 2.24) is 0 Å². The van der Waals surface area contributed by atoms with Crippen molar-refractivity contribution in [3.05, 3.63) is 48.6 Å². The van der Waals surface area contributed by atoms with Crippen LogP contribution in [0.3, 0.4) is 0 Å². The highest BCUT2D eigenvalue weighted by Gasteiger charge is 1.95. The van der Waals surface area contributed by atoms with Gasteiger partial charge in [-0.25, -0.2) is 4.79 Å². The van der Waals surface area contributed by atoms with E-state index in [0.29, 0.717) is 5.75 Å². The van der Waals surface area contributed by atoms with E-state index in [-0.39, 0.29) is 11.5 Å². The predicted octanol–water partition coefficient (Wildman–Crippen LogP) is 2.90. The van der Waals surface area contributed by atoms with Crippen molar-refractivity contribution >= 4 is 18.0 Å². The van der Waals surface area contributed by atoms with Gasteiger partial charge < -0.3 is 9.84 Å². The van der Waals surface area contributed by atoms with E-state index in [0.717, 1.165) is 5.56 Å². The fourth-order valence-electron chi connectivity index (χ4n) is 0.838. The Kier molecular flexibility index (Phi) is 6.81. The van der Waals surface area contributed by atoms with E-state index in [4.69, 9.17) is 9.84 Å². The van der Waals surface area contributed by atoms with Crippen LogP contribution in [0.2, 0.25) is 0 Å². The molecule has 1 aromatic carbocycles. The molecule has 4 nitrogen and oxygen atoms in total. The van der Waals surface area contributed by atoms with Crippen LogP contribution in [0.1, 0.15) is 19.4 Å². The maximum atomic E-state index is 10.5. The molecular weight excluding hydrogens is 232 g/mol. The number of carboxylic acid groups (broad SMARTS) is 1. The summed E-state index contributed by atoms with van der Waals surface area (Å²) in [5.74, 6) is -0.676. The number of benzene rings is 1. The second-order valence-electron chi connectivity index (χ2n) is 3.45. The molecule has 0 aromatic heterocycles. The molecule has 0 amide bonds. The Bertz CT molecular complexity index is 431. The molecule has 0 heterocycles. The first-order valence-electron chi connectivity index (χ1n) is 5.16. The monoisotopic (exact) mass is 248 g/mol. The molecule has 0 aliphatic carbocycles. The highest BCUT2D eigenvalue weighted by Crippen LogP contribution is 2.12. The highest BCUT2D eigenvalue weighted by molar-refractivity contribution is 5.84. The van der Waals surface area contributed by atoms with Crippen LogP contribution in [0.25, 0.3) is 6.08 Å². The second kappa shape index (κ2) is 7.84. The third kappa shape index (κ3) is 7.00. The van der Waals surface area contributed by atoms with Crippen LogP contribution in [0.15, 0.2) is 43.0 Å². The molecule has 0 bridgehead atoms. The van der Waals surface area contributed by atoms with Crippen LogP contribution in [0.4, 0.5) is 0 Å². The van der Waals surface area contributed by atoms with Crippen LogP contribution in [-0.2, 0) is 9.59 Å². The average Bonchev–Trinajstić information content (AvgIpc) is 2.30. The molecule has 4 heteroatoms. The van der Waals surface area contributed by atoms with Gasteiger partial charge in [-0.05, 0) is 24.6 Å². The number of aliphatic carboxylic acids is 1. The minimum Gasteiger partial charge on any atom is -0.478 e. The van der Waals surface area contributed by atoms with Crippen LogP contribution < -0.4 is 4.74 Å². The molecule has 0 saturated heterocycles. The average molecular weight is 248 g/mol. The highest BCUT2D eigenvalue weighted by atomic mass is 16.5. The molecule has 96 valence electrons. The summed E-state index contributed by atoms with van der Waals surface area (Å²) < 4.78 is 4.84. The third-order valence-electron chi connectivity index (χ3n) is 1.74. The Morgan fingerprint density at radius 1 is 1.22 bits per heavy atom. The first kappa shape index (κ1) is 15.6. The van der Waals surface area contributed by atoms with E-state index in [1.54, 1.807) is 18.2 Å². The summed E-state index contributed by atoms with van der Waals surface area (Å²) in [6.07, 6.45) is 1.73. The van der Waals surface area contributed by atoms with Gasteiger partial charge in [0.1, 0.15) is 5.75 Å². The normalized spacial score (nSPS) is 8.56. The van der Waals surface area contributed by atoms with Crippen molar-refractivity contribution in [3.63, 3.8) is 0 Å². The number of carboxylic acids is 1. The molecule has 0 fully saturated rings. The molecule has 0 spiro atoms. The summed E-state index contributed by atoms with van der Waals surface area (Å²) in [7, 11) is 0. The van der Waals surface area contributed by atoms with E-state index < -0.39 is 5.97 Å². The van der Waals surface area contributed by atoms with E-state index in [9.17, 15) is 9.59 Å². The number of ether oxygens (including phenoxy) is 1. The Morgan fingerprint density at radius 3 is 1.94 bits per heavy atom. The molecule has 0 aliphatic rings. The van der Waals surface area contributed by atoms with Gasteiger partial charge in [0.2, 0.25) is 0 Å². The minimum atomic E-state index is -0.935.